The summed E-state index contributed by atoms with van der Waals surface area (Å²) in [5.74, 6) is -0.0613. The second kappa shape index (κ2) is 6.71. The molecule has 26 heavy (non-hydrogen) atoms. The number of benzene rings is 2. The first kappa shape index (κ1) is 16.5. The zero-order valence-corrected chi connectivity index (χ0v) is 15.1. The van der Waals surface area contributed by atoms with Gasteiger partial charge in [0.15, 0.2) is 0 Å². The molecule has 0 fully saturated rings. The predicted molar refractivity (Wildman–Crippen MR) is 107 cm³/mol. The van der Waals surface area contributed by atoms with Gasteiger partial charge in [0, 0.05) is 40.6 Å². The molecule has 0 aliphatic rings. The minimum atomic E-state index is -0.0613. The monoisotopic (exact) mass is 345 g/mol. The quantitative estimate of drug-likeness (QED) is 0.542. The van der Waals surface area contributed by atoms with Crippen LogP contribution in [0.1, 0.15) is 35.9 Å². The van der Waals surface area contributed by atoms with Gasteiger partial charge in [-0.3, -0.25) is 4.79 Å². The van der Waals surface area contributed by atoms with Gasteiger partial charge in [-0.25, -0.2) is 0 Å². The Labute approximate surface area is 152 Å². The summed E-state index contributed by atoms with van der Waals surface area (Å²) in [5, 5.41) is 5.35. The van der Waals surface area contributed by atoms with Crippen LogP contribution in [0.3, 0.4) is 0 Å². The van der Waals surface area contributed by atoms with E-state index in [0.717, 1.165) is 17.3 Å². The van der Waals surface area contributed by atoms with Gasteiger partial charge in [0.1, 0.15) is 5.69 Å². The van der Waals surface area contributed by atoms with Gasteiger partial charge in [0.2, 0.25) is 0 Å². The third-order valence-electron chi connectivity index (χ3n) is 4.83. The number of fused-ring (bicyclic) bond motifs is 2. The molecule has 0 saturated carbocycles. The summed E-state index contributed by atoms with van der Waals surface area (Å²) in [6.45, 7) is 4.99. The SMILES string of the molecule is CC(C)n1cc(CCNC(=O)c2cc3ccccc3[nH]2)c2ccccc21. The van der Waals surface area contributed by atoms with E-state index in [-0.39, 0.29) is 5.91 Å². The van der Waals surface area contributed by atoms with Crippen molar-refractivity contribution in [3.63, 3.8) is 0 Å². The van der Waals surface area contributed by atoms with Crippen LogP contribution in [0.2, 0.25) is 0 Å². The van der Waals surface area contributed by atoms with Gasteiger partial charge in [0.25, 0.3) is 5.91 Å². The maximum Gasteiger partial charge on any atom is 0.267 e. The molecule has 0 saturated heterocycles. The molecule has 132 valence electrons. The van der Waals surface area contributed by atoms with Crippen LogP contribution in [-0.4, -0.2) is 22.0 Å². The first-order chi connectivity index (χ1) is 12.6. The van der Waals surface area contributed by atoms with Crippen molar-refractivity contribution in [3.05, 3.63) is 72.1 Å². The van der Waals surface area contributed by atoms with Gasteiger partial charge in [-0.05, 0) is 44.0 Å². The lowest BCUT2D eigenvalue weighted by atomic mass is 10.1. The summed E-state index contributed by atoms with van der Waals surface area (Å²) in [4.78, 5) is 15.6. The first-order valence-corrected chi connectivity index (χ1v) is 9.08. The van der Waals surface area contributed by atoms with E-state index in [0.29, 0.717) is 18.3 Å². The topological polar surface area (TPSA) is 49.8 Å². The Morgan fingerprint density at radius 3 is 2.69 bits per heavy atom. The molecule has 4 rings (SSSR count). The number of hydrogen-bond donors (Lipinski definition) is 2. The normalized spacial score (nSPS) is 11.5. The van der Waals surface area contributed by atoms with Crippen LogP contribution in [0.5, 0.6) is 0 Å². The lowest BCUT2D eigenvalue weighted by molar-refractivity contribution is 0.0950. The minimum absolute atomic E-state index is 0.0613. The number of amides is 1. The zero-order valence-electron chi connectivity index (χ0n) is 15.1. The molecule has 4 nitrogen and oxygen atoms in total. The average Bonchev–Trinajstić information content (AvgIpc) is 3.23. The average molecular weight is 345 g/mol. The van der Waals surface area contributed by atoms with Crippen LogP contribution >= 0.6 is 0 Å². The molecule has 0 bridgehead atoms. The molecule has 2 N–H and O–H groups in total. The minimum Gasteiger partial charge on any atom is -0.351 e. The number of nitrogens with one attached hydrogen (secondary N) is 2. The Kier molecular flexibility index (Phi) is 4.25. The number of nitrogens with zero attached hydrogens (tertiary/aromatic N) is 1. The lowest BCUT2D eigenvalue weighted by Crippen LogP contribution is -2.25. The summed E-state index contributed by atoms with van der Waals surface area (Å²) in [5.41, 5.74) is 4.11. The highest BCUT2D eigenvalue weighted by molar-refractivity contribution is 5.98. The Hall–Kier alpha value is -3.01. The molecule has 2 aromatic carbocycles. The Morgan fingerprint density at radius 1 is 1.12 bits per heavy atom. The number of aromatic amines is 1. The van der Waals surface area contributed by atoms with E-state index in [9.17, 15) is 4.79 Å². The van der Waals surface area contributed by atoms with Crippen LogP contribution in [0.15, 0.2) is 60.8 Å². The van der Waals surface area contributed by atoms with Crippen molar-refractivity contribution in [1.29, 1.82) is 0 Å². The van der Waals surface area contributed by atoms with E-state index in [1.807, 2.05) is 30.3 Å². The summed E-state index contributed by atoms with van der Waals surface area (Å²) in [6, 6.07) is 18.7. The number of carbonyl (C=O) groups is 1. The molecule has 4 aromatic rings. The summed E-state index contributed by atoms with van der Waals surface area (Å²) in [7, 11) is 0. The van der Waals surface area contributed by atoms with E-state index in [1.165, 1.54) is 16.5 Å². The number of H-pyrrole nitrogens is 1. The van der Waals surface area contributed by atoms with Crippen molar-refractivity contribution in [2.24, 2.45) is 0 Å². The zero-order chi connectivity index (χ0) is 18.1. The van der Waals surface area contributed by atoms with Gasteiger partial charge in [-0.2, -0.15) is 0 Å². The van der Waals surface area contributed by atoms with E-state index in [4.69, 9.17) is 0 Å². The Morgan fingerprint density at radius 2 is 1.88 bits per heavy atom. The fourth-order valence-corrected chi connectivity index (χ4v) is 3.51. The number of para-hydroxylation sites is 2. The van der Waals surface area contributed by atoms with Crippen molar-refractivity contribution in [3.8, 4) is 0 Å². The molecule has 0 aliphatic carbocycles. The maximum absolute atomic E-state index is 12.4. The third kappa shape index (κ3) is 2.99. The smallest absolute Gasteiger partial charge is 0.267 e. The van der Waals surface area contributed by atoms with Gasteiger partial charge >= 0.3 is 0 Å². The van der Waals surface area contributed by atoms with Crippen LogP contribution in [0, 0.1) is 0 Å². The molecule has 1 amide bonds. The summed E-state index contributed by atoms with van der Waals surface area (Å²) in [6.07, 6.45) is 3.02. The van der Waals surface area contributed by atoms with E-state index < -0.39 is 0 Å². The second-order valence-electron chi connectivity index (χ2n) is 6.95. The van der Waals surface area contributed by atoms with Crippen molar-refractivity contribution in [2.75, 3.05) is 6.54 Å². The van der Waals surface area contributed by atoms with Gasteiger partial charge in [0.05, 0.1) is 0 Å². The summed E-state index contributed by atoms with van der Waals surface area (Å²) >= 11 is 0. The predicted octanol–water partition coefficient (Wildman–Crippen LogP) is 4.68. The highest BCUT2D eigenvalue weighted by Gasteiger charge is 2.12. The molecular weight excluding hydrogens is 322 g/mol. The molecule has 0 radical (unpaired) electrons. The summed E-state index contributed by atoms with van der Waals surface area (Å²) < 4.78 is 2.30. The Bertz CT molecular complexity index is 1040. The first-order valence-electron chi connectivity index (χ1n) is 9.08. The van der Waals surface area contributed by atoms with Crippen molar-refractivity contribution in [2.45, 2.75) is 26.3 Å². The lowest BCUT2D eigenvalue weighted by Gasteiger charge is -2.08. The van der Waals surface area contributed by atoms with Crippen molar-refractivity contribution >= 4 is 27.7 Å². The van der Waals surface area contributed by atoms with Gasteiger partial charge in [-0.1, -0.05) is 36.4 Å². The van der Waals surface area contributed by atoms with Gasteiger partial charge < -0.3 is 14.9 Å². The molecule has 2 heterocycles. The standard InChI is InChI=1S/C22H23N3O/c1-15(2)25-14-17(18-8-4-6-10-21(18)25)11-12-23-22(26)20-13-16-7-3-5-9-19(16)24-20/h3-10,13-15,24H,11-12H2,1-2H3,(H,23,26). The second-order valence-corrected chi connectivity index (χ2v) is 6.95. The number of aromatic nitrogens is 2. The number of carbonyl (C=O) groups excluding carboxylic acids is 1. The van der Waals surface area contributed by atoms with Crippen molar-refractivity contribution in [1.82, 2.24) is 14.9 Å². The van der Waals surface area contributed by atoms with Crippen LogP contribution < -0.4 is 5.32 Å². The molecule has 2 aromatic heterocycles. The highest BCUT2D eigenvalue weighted by Crippen LogP contribution is 2.24. The molecule has 0 aliphatic heterocycles. The molecule has 4 heteroatoms. The fourth-order valence-electron chi connectivity index (χ4n) is 3.51. The van der Waals surface area contributed by atoms with Crippen LogP contribution in [-0.2, 0) is 6.42 Å². The molecule has 0 atom stereocenters. The molecule has 0 unspecified atom stereocenters. The number of rotatable bonds is 5. The Balaban J connectivity index is 1.47. The highest BCUT2D eigenvalue weighted by atomic mass is 16.1. The van der Waals surface area contributed by atoms with E-state index in [1.54, 1.807) is 0 Å². The number of hydrogen-bond acceptors (Lipinski definition) is 1. The van der Waals surface area contributed by atoms with Gasteiger partial charge in [-0.15, -0.1) is 0 Å². The van der Waals surface area contributed by atoms with Crippen LogP contribution in [0.25, 0.3) is 21.8 Å². The largest absolute Gasteiger partial charge is 0.351 e. The van der Waals surface area contributed by atoms with E-state index >= 15 is 0 Å². The van der Waals surface area contributed by atoms with Crippen molar-refractivity contribution < 1.29 is 4.79 Å². The molecule has 0 spiro atoms. The molecular formula is C22H23N3O. The fraction of sp³-hybridized carbons (Fsp3) is 0.227. The maximum atomic E-state index is 12.4. The third-order valence-corrected chi connectivity index (χ3v) is 4.83. The van der Waals surface area contributed by atoms with Crippen LogP contribution in [0.4, 0.5) is 0 Å². The van der Waals surface area contributed by atoms with E-state index in [2.05, 4.69) is 59.2 Å².